The predicted octanol–water partition coefficient (Wildman–Crippen LogP) is 2.14. The Morgan fingerprint density at radius 1 is 1.17 bits per heavy atom. The molecule has 0 amide bonds. The molecule has 74 valence electrons. The number of likely N-dealkylation sites (N-methyl/N-ethyl adjacent to an activating group) is 1. The molecule has 1 unspecified atom stereocenters. The summed E-state index contributed by atoms with van der Waals surface area (Å²) in [6, 6.07) is 0. The maximum atomic E-state index is 5.38. The van der Waals surface area contributed by atoms with Crippen LogP contribution in [0.5, 0.6) is 0 Å². The van der Waals surface area contributed by atoms with Gasteiger partial charge in [-0.1, -0.05) is 27.2 Å². The lowest BCUT2D eigenvalue weighted by molar-refractivity contribution is 0.0605. The first kappa shape index (κ1) is 11.9. The van der Waals surface area contributed by atoms with Gasteiger partial charge in [0.2, 0.25) is 0 Å². The van der Waals surface area contributed by atoms with Crippen molar-refractivity contribution in [2.45, 2.75) is 39.7 Å². The first-order valence-corrected chi connectivity index (χ1v) is 5.03. The van der Waals surface area contributed by atoms with Crippen molar-refractivity contribution in [1.29, 1.82) is 0 Å². The van der Waals surface area contributed by atoms with E-state index in [9.17, 15) is 0 Å². The van der Waals surface area contributed by atoms with Gasteiger partial charge in [0.25, 0.3) is 0 Å². The quantitative estimate of drug-likeness (QED) is 0.585. The lowest BCUT2D eigenvalue weighted by Crippen LogP contribution is -2.33. The van der Waals surface area contributed by atoms with Crippen LogP contribution in [0.2, 0.25) is 0 Å². The van der Waals surface area contributed by atoms with Gasteiger partial charge >= 0.3 is 0 Å². The second-order valence-electron chi connectivity index (χ2n) is 3.13. The van der Waals surface area contributed by atoms with Gasteiger partial charge in [-0.2, -0.15) is 0 Å². The van der Waals surface area contributed by atoms with Gasteiger partial charge in [-0.05, 0) is 19.5 Å². The molecule has 0 radical (unpaired) electrons. The maximum Gasteiger partial charge on any atom is 0.0698 e. The summed E-state index contributed by atoms with van der Waals surface area (Å²) in [5.41, 5.74) is 0. The highest BCUT2D eigenvalue weighted by atomic mass is 16.5. The SMILES string of the molecule is CCCC(CN(CC)CC)OC. The molecular formula is C10H23NO. The number of nitrogens with zero attached hydrogens (tertiary/aromatic N) is 1. The van der Waals surface area contributed by atoms with Gasteiger partial charge < -0.3 is 9.64 Å². The molecule has 0 saturated heterocycles. The van der Waals surface area contributed by atoms with Crippen LogP contribution < -0.4 is 0 Å². The van der Waals surface area contributed by atoms with E-state index in [0.29, 0.717) is 6.10 Å². The minimum Gasteiger partial charge on any atom is -0.380 e. The lowest BCUT2D eigenvalue weighted by Gasteiger charge is -2.23. The van der Waals surface area contributed by atoms with Gasteiger partial charge in [0, 0.05) is 13.7 Å². The fourth-order valence-corrected chi connectivity index (χ4v) is 1.38. The molecular weight excluding hydrogens is 150 g/mol. The summed E-state index contributed by atoms with van der Waals surface area (Å²) in [6.07, 6.45) is 2.81. The summed E-state index contributed by atoms with van der Waals surface area (Å²) in [5, 5.41) is 0. The van der Waals surface area contributed by atoms with E-state index in [0.717, 1.165) is 19.6 Å². The molecule has 0 bridgehead atoms. The van der Waals surface area contributed by atoms with E-state index in [2.05, 4.69) is 25.7 Å². The second-order valence-corrected chi connectivity index (χ2v) is 3.13. The van der Waals surface area contributed by atoms with Crippen LogP contribution in [0.15, 0.2) is 0 Å². The summed E-state index contributed by atoms with van der Waals surface area (Å²) < 4.78 is 5.38. The molecule has 0 aliphatic carbocycles. The summed E-state index contributed by atoms with van der Waals surface area (Å²) in [4.78, 5) is 2.41. The first-order valence-electron chi connectivity index (χ1n) is 5.03. The Balaban J connectivity index is 3.65. The summed E-state index contributed by atoms with van der Waals surface area (Å²) >= 11 is 0. The first-order chi connectivity index (χ1) is 5.78. The third-order valence-corrected chi connectivity index (χ3v) is 2.30. The molecule has 0 fully saturated rings. The average Bonchev–Trinajstić information content (AvgIpc) is 2.12. The van der Waals surface area contributed by atoms with E-state index in [4.69, 9.17) is 4.74 Å². The van der Waals surface area contributed by atoms with Crippen molar-refractivity contribution >= 4 is 0 Å². The van der Waals surface area contributed by atoms with Crippen molar-refractivity contribution in [2.24, 2.45) is 0 Å². The molecule has 0 aliphatic rings. The Kier molecular flexibility index (Phi) is 7.51. The molecule has 0 aromatic rings. The highest BCUT2D eigenvalue weighted by molar-refractivity contribution is 4.63. The topological polar surface area (TPSA) is 12.5 Å². The van der Waals surface area contributed by atoms with Crippen LogP contribution in [-0.2, 0) is 4.74 Å². The van der Waals surface area contributed by atoms with E-state index in [-0.39, 0.29) is 0 Å². The molecule has 12 heavy (non-hydrogen) atoms. The number of methoxy groups -OCH3 is 1. The Morgan fingerprint density at radius 3 is 2.08 bits per heavy atom. The van der Waals surface area contributed by atoms with Crippen LogP contribution in [0.4, 0.5) is 0 Å². The van der Waals surface area contributed by atoms with E-state index < -0.39 is 0 Å². The molecule has 0 N–H and O–H groups in total. The van der Waals surface area contributed by atoms with Crippen molar-refractivity contribution in [3.63, 3.8) is 0 Å². The van der Waals surface area contributed by atoms with Crippen molar-refractivity contribution in [1.82, 2.24) is 4.90 Å². The second kappa shape index (κ2) is 7.56. The van der Waals surface area contributed by atoms with Crippen LogP contribution in [0.1, 0.15) is 33.6 Å². The molecule has 0 rings (SSSR count). The zero-order chi connectivity index (χ0) is 9.40. The lowest BCUT2D eigenvalue weighted by atomic mass is 10.2. The fourth-order valence-electron chi connectivity index (χ4n) is 1.38. The largest absolute Gasteiger partial charge is 0.380 e. The molecule has 0 saturated carbocycles. The zero-order valence-electron chi connectivity index (χ0n) is 8.97. The minimum absolute atomic E-state index is 0.426. The highest BCUT2D eigenvalue weighted by Crippen LogP contribution is 2.03. The Morgan fingerprint density at radius 2 is 1.75 bits per heavy atom. The average molecular weight is 173 g/mol. The Labute approximate surface area is 76.9 Å². The number of hydrogen-bond donors (Lipinski definition) is 0. The normalized spacial score (nSPS) is 13.8. The Bertz CT molecular complexity index is 91.8. The van der Waals surface area contributed by atoms with E-state index in [1.807, 2.05) is 7.11 Å². The van der Waals surface area contributed by atoms with Crippen molar-refractivity contribution in [2.75, 3.05) is 26.7 Å². The van der Waals surface area contributed by atoms with Gasteiger partial charge in [0.1, 0.15) is 0 Å². The smallest absolute Gasteiger partial charge is 0.0698 e. The summed E-state index contributed by atoms with van der Waals surface area (Å²) in [6.45, 7) is 9.93. The molecule has 0 aromatic carbocycles. The number of hydrogen-bond acceptors (Lipinski definition) is 2. The Hall–Kier alpha value is -0.0800. The minimum atomic E-state index is 0.426. The van der Waals surface area contributed by atoms with Gasteiger partial charge in [-0.15, -0.1) is 0 Å². The molecule has 0 heterocycles. The summed E-state index contributed by atoms with van der Waals surface area (Å²) in [5.74, 6) is 0. The van der Waals surface area contributed by atoms with E-state index in [1.54, 1.807) is 0 Å². The molecule has 1 atom stereocenters. The number of ether oxygens (including phenoxy) is 1. The van der Waals surface area contributed by atoms with Crippen LogP contribution in [0.3, 0.4) is 0 Å². The molecule has 2 heteroatoms. The zero-order valence-corrected chi connectivity index (χ0v) is 8.97. The molecule has 0 aliphatic heterocycles. The predicted molar refractivity (Wildman–Crippen MR) is 53.5 cm³/mol. The summed E-state index contributed by atoms with van der Waals surface area (Å²) in [7, 11) is 1.81. The van der Waals surface area contributed by atoms with Gasteiger partial charge in [-0.3, -0.25) is 0 Å². The van der Waals surface area contributed by atoms with Gasteiger partial charge in [0.15, 0.2) is 0 Å². The maximum absolute atomic E-state index is 5.38. The highest BCUT2D eigenvalue weighted by Gasteiger charge is 2.09. The molecule has 0 aromatic heterocycles. The van der Waals surface area contributed by atoms with Crippen LogP contribution >= 0.6 is 0 Å². The standard InChI is InChI=1S/C10H23NO/c1-5-8-10(12-4)9-11(6-2)7-3/h10H,5-9H2,1-4H3. The van der Waals surface area contributed by atoms with Crippen molar-refractivity contribution in [3.8, 4) is 0 Å². The fraction of sp³-hybridized carbons (Fsp3) is 1.00. The molecule has 0 spiro atoms. The number of rotatable bonds is 7. The van der Waals surface area contributed by atoms with Crippen LogP contribution in [-0.4, -0.2) is 37.7 Å². The monoisotopic (exact) mass is 173 g/mol. The van der Waals surface area contributed by atoms with Crippen molar-refractivity contribution < 1.29 is 4.74 Å². The van der Waals surface area contributed by atoms with Gasteiger partial charge in [0.05, 0.1) is 6.10 Å². The van der Waals surface area contributed by atoms with Crippen LogP contribution in [0, 0.1) is 0 Å². The van der Waals surface area contributed by atoms with Crippen molar-refractivity contribution in [3.05, 3.63) is 0 Å². The van der Waals surface area contributed by atoms with Crippen LogP contribution in [0.25, 0.3) is 0 Å². The third kappa shape index (κ3) is 4.73. The van der Waals surface area contributed by atoms with E-state index >= 15 is 0 Å². The van der Waals surface area contributed by atoms with E-state index in [1.165, 1.54) is 12.8 Å². The molecule has 2 nitrogen and oxygen atoms in total. The van der Waals surface area contributed by atoms with Gasteiger partial charge in [-0.25, -0.2) is 0 Å². The third-order valence-electron chi connectivity index (χ3n) is 2.30.